The van der Waals surface area contributed by atoms with E-state index in [1.807, 2.05) is 20.8 Å². The molecule has 0 aromatic heterocycles. The molecular weight excluding hydrogens is 436 g/mol. The molecule has 1 unspecified atom stereocenters. The number of ether oxygens (including phenoxy) is 1. The molecule has 1 aromatic rings. The highest BCUT2D eigenvalue weighted by atomic mass is 35.5. The first-order chi connectivity index (χ1) is 14.7. The average molecular weight is 465 g/mol. The highest BCUT2D eigenvalue weighted by Crippen LogP contribution is 2.69. The van der Waals surface area contributed by atoms with Gasteiger partial charge < -0.3 is 25.2 Å². The number of aliphatic hydroxyl groups is 3. The molecule has 0 amide bonds. The number of phenols is 1. The van der Waals surface area contributed by atoms with E-state index in [1.165, 1.54) is 19.1 Å². The predicted octanol–water partition coefficient (Wildman–Crippen LogP) is 2.82. The van der Waals surface area contributed by atoms with Crippen LogP contribution in [0.15, 0.2) is 17.7 Å². The number of carbonyl (C=O) groups excluding carboxylic acids is 2. The maximum Gasteiger partial charge on any atom is 0.342 e. The van der Waals surface area contributed by atoms with E-state index in [0.29, 0.717) is 19.1 Å². The molecule has 2 fully saturated rings. The Morgan fingerprint density at radius 2 is 1.94 bits per heavy atom. The fraction of sp³-hybridized carbons (Fsp3) is 0.583. The lowest BCUT2D eigenvalue weighted by Crippen LogP contribution is -2.75. The lowest BCUT2D eigenvalue weighted by molar-refractivity contribution is -0.261. The minimum Gasteiger partial charge on any atom is -0.507 e. The van der Waals surface area contributed by atoms with E-state index < -0.39 is 41.0 Å². The summed E-state index contributed by atoms with van der Waals surface area (Å²) < 4.78 is 5.61. The second kappa shape index (κ2) is 7.03. The summed E-state index contributed by atoms with van der Waals surface area (Å²) in [5, 5.41) is 42.9. The minimum absolute atomic E-state index is 0.00936. The second-order valence-electron chi connectivity index (χ2n) is 10.6. The first-order valence-corrected chi connectivity index (χ1v) is 11.1. The smallest absolute Gasteiger partial charge is 0.342 e. The molecule has 3 aliphatic carbocycles. The van der Waals surface area contributed by atoms with Crippen molar-refractivity contribution in [2.45, 2.75) is 70.9 Å². The van der Waals surface area contributed by atoms with E-state index in [1.54, 1.807) is 0 Å². The molecule has 7 nitrogen and oxygen atoms in total. The summed E-state index contributed by atoms with van der Waals surface area (Å²) in [6, 6.07) is 1.20. The van der Waals surface area contributed by atoms with E-state index in [0.717, 1.165) is 0 Å². The molecule has 4 N–H and O–H groups in total. The highest BCUT2D eigenvalue weighted by Gasteiger charge is 2.75. The van der Waals surface area contributed by atoms with Crippen LogP contribution < -0.4 is 0 Å². The van der Waals surface area contributed by atoms with Crippen LogP contribution in [0.25, 0.3) is 0 Å². The number of hydrogen-bond donors (Lipinski definition) is 4. The summed E-state index contributed by atoms with van der Waals surface area (Å²) in [6.45, 7) is 7.02. The Balaban J connectivity index is 1.69. The Kier molecular flexibility index (Phi) is 5.11. The molecule has 0 heterocycles. The van der Waals surface area contributed by atoms with Gasteiger partial charge in [-0.2, -0.15) is 0 Å². The maximum absolute atomic E-state index is 13.0. The Morgan fingerprint density at radius 1 is 1.28 bits per heavy atom. The number of fused-ring (bicyclic) bond motifs is 3. The van der Waals surface area contributed by atoms with Gasteiger partial charge in [0.2, 0.25) is 0 Å². The fourth-order valence-corrected chi connectivity index (χ4v) is 6.71. The molecule has 2 saturated carbocycles. The number of phenolic OH excluding ortho intramolecular Hbond substituents is 1. The molecular formula is C24H29ClO7. The minimum atomic E-state index is -1.75. The molecule has 0 aliphatic heterocycles. The summed E-state index contributed by atoms with van der Waals surface area (Å²) in [5.74, 6) is -1.58. The molecule has 1 aromatic carbocycles. The predicted molar refractivity (Wildman–Crippen MR) is 116 cm³/mol. The van der Waals surface area contributed by atoms with Gasteiger partial charge in [-0.05, 0) is 49.3 Å². The largest absolute Gasteiger partial charge is 0.507 e. The third-order valence-corrected chi connectivity index (χ3v) is 8.51. The van der Waals surface area contributed by atoms with Gasteiger partial charge in [-0.25, -0.2) is 4.79 Å². The zero-order chi connectivity index (χ0) is 23.9. The van der Waals surface area contributed by atoms with Crippen molar-refractivity contribution in [3.05, 3.63) is 39.4 Å². The van der Waals surface area contributed by atoms with E-state index in [-0.39, 0.29) is 45.0 Å². The molecule has 0 spiro atoms. The van der Waals surface area contributed by atoms with Crippen LogP contribution in [-0.4, -0.2) is 50.0 Å². The molecule has 4 rings (SSSR count). The van der Waals surface area contributed by atoms with Crippen molar-refractivity contribution in [3.8, 4) is 5.75 Å². The number of aromatic hydroxyl groups is 1. The number of rotatable bonds is 4. The Hall–Kier alpha value is -1.93. The highest BCUT2D eigenvalue weighted by molar-refractivity contribution is 6.32. The summed E-state index contributed by atoms with van der Waals surface area (Å²) in [4.78, 5) is 24.9. The topological polar surface area (TPSA) is 124 Å². The van der Waals surface area contributed by atoms with E-state index in [4.69, 9.17) is 16.3 Å². The average Bonchev–Trinajstić information content (AvgIpc) is 2.96. The summed E-state index contributed by atoms with van der Waals surface area (Å²) in [7, 11) is 0. The van der Waals surface area contributed by atoms with Gasteiger partial charge in [0.1, 0.15) is 29.3 Å². The Labute approximate surface area is 191 Å². The van der Waals surface area contributed by atoms with Crippen molar-refractivity contribution in [2.24, 2.45) is 16.7 Å². The molecule has 0 radical (unpaired) electrons. The van der Waals surface area contributed by atoms with Gasteiger partial charge in [-0.1, -0.05) is 32.4 Å². The van der Waals surface area contributed by atoms with Crippen molar-refractivity contribution >= 4 is 23.9 Å². The second-order valence-corrected chi connectivity index (χ2v) is 11.0. The monoisotopic (exact) mass is 464 g/mol. The number of hydrogen-bond acceptors (Lipinski definition) is 7. The van der Waals surface area contributed by atoms with Gasteiger partial charge in [0.25, 0.3) is 0 Å². The summed E-state index contributed by atoms with van der Waals surface area (Å²) in [5.41, 5.74) is -3.62. The molecule has 5 atom stereocenters. The third kappa shape index (κ3) is 2.91. The van der Waals surface area contributed by atoms with Gasteiger partial charge in [-0.15, -0.1) is 0 Å². The van der Waals surface area contributed by atoms with Crippen LogP contribution in [0.1, 0.15) is 61.5 Å². The van der Waals surface area contributed by atoms with Crippen LogP contribution in [0, 0.1) is 23.7 Å². The van der Waals surface area contributed by atoms with Crippen LogP contribution in [-0.2, 0) is 16.1 Å². The zero-order valence-corrected chi connectivity index (χ0v) is 19.4. The number of carbonyl (C=O) groups is 2. The number of benzene rings is 1. The van der Waals surface area contributed by atoms with Crippen LogP contribution in [0.4, 0.5) is 0 Å². The lowest BCUT2D eigenvalue weighted by Gasteiger charge is -2.65. The normalized spacial score (nSPS) is 37.1. The third-order valence-electron chi connectivity index (χ3n) is 7.99. The molecule has 32 heavy (non-hydrogen) atoms. The van der Waals surface area contributed by atoms with Gasteiger partial charge in [-0.3, -0.25) is 4.79 Å². The van der Waals surface area contributed by atoms with Gasteiger partial charge in [0.05, 0.1) is 17.2 Å². The number of aliphatic hydroxyl groups excluding tert-OH is 1. The van der Waals surface area contributed by atoms with Crippen LogP contribution >= 0.6 is 11.6 Å². The Morgan fingerprint density at radius 3 is 2.53 bits per heavy atom. The number of halogens is 1. The van der Waals surface area contributed by atoms with Crippen molar-refractivity contribution < 1.29 is 34.8 Å². The van der Waals surface area contributed by atoms with E-state index in [9.17, 15) is 30.0 Å². The standard InChI is InChI=1S/C24H29ClO7/c1-12-18(15(28)5-13(9-26)19(12)25)20(29)32-17-8-22(4)16-7-21(2,3)11-23(16,30)6-14(10-27)24(17,22)31/h5-6,10,16-17,26,28,30-31H,7-9,11H2,1-4H3/t16?,17-,22-,23+,24+/m1/s1. The van der Waals surface area contributed by atoms with Crippen LogP contribution in [0.3, 0.4) is 0 Å². The first kappa shape index (κ1) is 23.2. The quantitative estimate of drug-likeness (QED) is 0.399. The van der Waals surface area contributed by atoms with Crippen molar-refractivity contribution in [2.75, 3.05) is 0 Å². The maximum atomic E-state index is 13.0. The zero-order valence-electron chi connectivity index (χ0n) is 18.6. The van der Waals surface area contributed by atoms with Crippen LogP contribution in [0.2, 0.25) is 5.02 Å². The van der Waals surface area contributed by atoms with Gasteiger partial charge in [0.15, 0.2) is 0 Å². The number of esters is 1. The first-order valence-electron chi connectivity index (χ1n) is 10.7. The van der Waals surface area contributed by atoms with Gasteiger partial charge in [0, 0.05) is 22.5 Å². The summed E-state index contributed by atoms with van der Waals surface area (Å²) in [6.07, 6.45) is 2.32. The molecule has 174 valence electrons. The SMILES string of the molecule is Cc1c(Cl)c(CO)cc(O)c1C(=O)O[C@@H]1C[C@]2(C)C3CC(C)(C)C[C@@]3(O)C=C(C=O)[C@]12O. The molecule has 8 heteroatoms. The Bertz CT molecular complexity index is 1050. The molecule has 0 saturated heterocycles. The van der Waals surface area contributed by atoms with E-state index >= 15 is 0 Å². The van der Waals surface area contributed by atoms with Crippen molar-refractivity contribution in [1.82, 2.24) is 0 Å². The van der Waals surface area contributed by atoms with E-state index in [2.05, 4.69) is 0 Å². The summed E-state index contributed by atoms with van der Waals surface area (Å²) >= 11 is 6.20. The van der Waals surface area contributed by atoms with Crippen molar-refractivity contribution in [3.63, 3.8) is 0 Å². The fourth-order valence-electron chi connectivity index (χ4n) is 6.50. The van der Waals surface area contributed by atoms with Gasteiger partial charge >= 0.3 is 5.97 Å². The number of aldehydes is 1. The lowest BCUT2D eigenvalue weighted by atomic mass is 9.43. The van der Waals surface area contributed by atoms with Crippen molar-refractivity contribution in [1.29, 1.82) is 0 Å². The van der Waals surface area contributed by atoms with Crippen LogP contribution in [0.5, 0.6) is 5.75 Å². The molecule has 0 bridgehead atoms. The molecule has 3 aliphatic rings.